The molecule has 2 aliphatic rings. The van der Waals surface area contributed by atoms with Gasteiger partial charge in [0.25, 0.3) is 5.91 Å². The Balaban J connectivity index is 2.02. The summed E-state index contributed by atoms with van der Waals surface area (Å²) in [7, 11) is 0. The van der Waals surface area contributed by atoms with Crippen LogP contribution in [0.2, 0.25) is 0 Å². The van der Waals surface area contributed by atoms with Crippen LogP contribution in [0.25, 0.3) is 5.76 Å². The molecule has 2 aromatic rings. The number of phenolic OH excluding ortho intramolecular Hbond substituents is 1. The van der Waals surface area contributed by atoms with E-state index in [1.54, 1.807) is 6.92 Å². The molecular formula is C20H17N3O8. The number of carbonyl (C=O) groups is 2. The molecule has 31 heavy (non-hydrogen) atoms. The van der Waals surface area contributed by atoms with E-state index in [1.807, 2.05) is 0 Å². The molecule has 0 bridgehead atoms. The maximum absolute atomic E-state index is 13.3. The molecule has 11 heteroatoms. The second-order valence-electron chi connectivity index (χ2n) is 7.54. The molecule has 2 aromatic carbocycles. The Morgan fingerprint density at radius 1 is 1.19 bits per heavy atom. The molecule has 0 radical (unpaired) electrons. The van der Waals surface area contributed by atoms with E-state index in [2.05, 4.69) is 0 Å². The lowest BCUT2D eigenvalue weighted by molar-refractivity contribution is -0.385. The number of ketones is 1. The van der Waals surface area contributed by atoms with Gasteiger partial charge in [0.2, 0.25) is 5.75 Å². The Hall–Kier alpha value is -4.28. The maximum atomic E-state index is 13.3. The van der Waals surface area contributed by atoms with Gasteiger partial charge in [0.1, 0.15) is 22.8 Å². The fourth-order valence-corrected chi connectivity index (χ4v) is 4.61. The van der Waals surface area contributed by atoms with Crippen LogP contribution in [-0.4, -0.2) is 37.0 Å². The van der Waals surface area contributed by atoms with Crippen molar-refractivity contribution in [2.75, 3.05) is 5.73 Å². The first kappa shape index (κ1) is 20.0. The van der Waals surface area contributed by atoms with Gasteiger partial charge in [-0.2, -0.15) is 0 Å². The number of aliphatic hydroxyl groups is 1. The number of fused-ring (bicyclic) bond motifs is 3. The Labute approximate surface area is 174 Å². The Morgan fingerprint density at radius 3 is 2.42 bits per heavy atom. The van der Waals surface area contributed by atoms with Gasteiger partial charge < -0.3 is 31.9 Å². The van der Waals surface area contributed by atoms with Crippen molar-refractivity contribution in [3.8, 4) is 17.2 Å². The first-order valence-electron chi connectivity index (χ1n) is 9.12. The van der Waals surface area contributed by atoms with Gasteiger partial charge in [0.05, 0.1) is 16.4 Å². The van der Waals surface area contributed by atoms with E-state index in [0.29, 0.717) is 0 Å². The molecular weight excluding hydrogens is 410 g/mol. The van der Waals surface area contributed by atoms with Crippen LogP contribution >= 0.6 is 0 Å². The molecule has 0 spiro atoms. The molecule has 2 aliphatic carbocycles. The van der Waals surface area contributed by atoms with Crippen LogP contribution in [-0.2, 0) is 6.42 Å². The zero-order chi connectivity index (χ0) is 22.9. The van der Waals surface area contributed by atoms with E-state index >= 15 is 0 Å². The number of phenols is 3. The number of primary amides is 1. The van der Waals surface area contributed by atoms with Gasteiger partial charge in [0.15, 0.2) is 5.78 Å². The number of nitro benzene ring substituents is 1. The van der Waals surface area contributed by atoms with Crippen LogP contribution in [0, 0.1) is 16.0 Å². The fourth-order valence-electron chi connectivity index (χ4n) is 4.61. The smallest absolute Gasteiger partial charge is 0.313 e. The minimum atomic E-state index is -1.11. The number of anilines is 1. The van der Waals surface area contributed by atoms with E-state index < -0.39 is 62.7 Å². The molecule has 0 aliphatic heterocycles. The number of nitrogen functional groups attached to an aromatic ring is 1. The van der Waals surface area contributed by atoms with E-state index in [0.717, 1.165) is 12.1 Å². The van der Waals surface area contributed by atoms with Crippen LogP contribution in [0.5, 0.6) is 17.2 Å². The topological polar surface area (TPSA) is 210 Å². The minimum Gasteiger partial charge on any atom is -0.507 e. The second kappa shape index (κ2) is 6.36. The lowest BCUT2D eigenvalue weighted by Gasteiger charge is -2.37. The summed E-state index contributed by atoms with van der Waals surface area (Å²) >= 11 is 0. The van der Waals surface area contributed by atoms with Crippen LogP contribution in [0.15, 0.2) is 17.7 Å². The first-order valence-corrected chi connectivity index (χ1v) is 9.12. The number of carbonyl (C=O) groups excluding carboxylic acids is 2. The van der Waals surface area contributed by atoms with Gasteiger partial charge in [-0.3, -0.25) is 19.7 Å². The van der Waals surface area contributed by atoms with Crippen molar-refractivity contribution >= 4 is 28.8 Å². The van der Waals surface area contributed by atoms with E-state index in [4.69, 9.17) is 11.5 Å². The average molecular weight is 427 g/mol. The average Bonchev–Trinajstić information content (AvgIpc) is 2.67. The largest absolute Gasteiger partial charge is 0.507 e. The number of Topliss-reactive ketones (excluding diaryl/α,β-unsaturated/α-hetero) is 1. The Morgan fingerprint density at radius 2 is 1.84 bits per heavy atom. The van der Waals surface area contributed by atoms with Gasteiger partial charge in [-0.25, -0.2) is 0 Å². The Bertz CT molecular complexity index is 1260. The maximum Gasteiger partial charge on any atom is 0.313 e. The molecule has 0 heterocycles. The van der Waals surface area contributed by atoms with E-state index in [1.165, 1.54) is 0 Å². The summed E-state index contributed by atoms with van der Waals surface area (Å²) in [5, 5.41) is 53.2. The SMILES string of the molecule is CC1C2=C(O)c3cc(O)c(C(N)=O)c(O)c3CC2C(=O)c2c(O)c([N+](=O)[O-])cc(N)c21. The van der Waals surface area contributed by atoms with E-state index in [9.17, 15) is 40.1 Å². The molecule has 11 nitrogen and oxygen atoms in total. The van der Waals surface area contributed by atoms with Crippen molar-refractivity contribution in [3.63, 3.8) is 0 Å². The summed E-state index contributed by atoms with van der Waals surface area (Å²) in [4.78, 5) is 35.3. The van der Waals surface area contributed by atoms with Crippen LogP contribution in [0.1, 0.15) is 50.2 Å². The number of benzene rings is 2. The first-order chi connectivity index (χ1) is 14.5. The number of hydrogen-bond acceptors (Lipinski definition) is 9. The van der Waals surface area contributed by atoms with Crippen molar-refractivity contribution in [2.24, 2.45) is 11.7 Å². The summed E-state index contributed by atoms with van der Waals surface area (Å²) in [5.74, 6) is -6.22. The van der Waals surface area contributed by atoms with Crippen LogP contribution in [0.4, 0.5) is 11.4 Å². The molecule has 4 rings (SSSR count). The third kappa shape index (κ3) is 2.52. The third-order valence-electron chi connectivity index (χ3n) is 5.95. The van der Waals surface area contributed by atoms with Gasteiger partial charge in [-0.15, -0.1) is 0 Å². The number of hydrogen-bond donors (Lipinski definition) is 6. The fraction of sp³-hybridized carbons (Fsp3) is 0.200. The molecule has 2 unspecified atom stereocenters. The number of aromatic hydroxyl groups is 3. The monoisotopic (exact) mass is 427 g/mol. The number of nitro groups is 1. The number of allylic oxidation sites excluding steroid dienone is 1. The van der Waals surface area contributed by atoms with Crippen molar-refractivity contribution in [1.82, 2.24) is 0 Å². The number of rotatable bonds is 2. The summed E-state index contributed by atoms with van der Waals surface area (Å²) in [5.41, 5.74) is 9.82. The normalized spacial score (nSPS) is 19.5. The molecule has 1 amide bonds. The summed E-state index contributed by atoms with van der Waals surface area (Å²) in [6, 6.07) is 2.01. The highest BCUT2D eigenvalue weighted by atomic mass is 16.6. The molecule has 0 fully saturated rings. The minimum absolute atomic E-state index is 0.000238. The second-order valence-corrected chi connectivity index (χ2v) is 7.54. The summed E-state index contributed by atoms with van der Waals surface area (Å²) < 4.78 is 0. The summed E-state index contributed by atoms with van der Waals surface area (Å²) in [6.45, 7) is 1.61. The molecule has 8 N–H and O–H groups in total. The van der Waals surface area contributed by atoms with Crippen molar-refractivity contribution in [2.45, 2.75) is 19.3 Å². The Kier molecular flexibility index (Phi) is 4.10. The lowest BCUT2D eigenvalue weighted by Crippen LogP contribution is -2.33. The predicted octanol–water partition coefficient (Wildman–Crippen LogP) is 1.83. The highest BCUT2D eigenvalue weighted by Gasteiger charge is 2.46. The number of nitrogens with two attached hydrogens (primary N) is 2. The summed E-state index contributed by atoms with van der Waals surface area (Å²) in [6.07, 6.45) is -0.203. The lowest BCUT2D eigenvalue weighted by atomic mass is 9.66. The van der Waals surface area contributed by atoms with Crippen molar-refractivity contribution in [1.29, 1.82) is 0 Å². The van der Waals surface area contributed by atoms with Gasteiger partial charge >= 0.3 is 5.69 Å². The van der Waals surface area contributed by atoms with Crippen LogP contribution < -0.4 is 11.5 Å². The number of amides is 1. The van der Waals surface area contributed by atoms with Gasteiger partial charge in [-0.1, -0.05) is 6.92 Å². The number of aliphatic hydroxyl groups excluding tert-OH is 1. The highest BCUT2D eigenvalue weighted by Crippen LogP contribution is 2.53. The molecule has 160 valence electrons. The van der Waals surface area contributed by atoms with Gasteiger partial charge in [-0.05, 0) is 23.6 Å². The number of nitrogens with zero attached hydrogens (tertiary/aromatic N) is 1. The van der Waals surface area contributed by atoms with Gasteiger partial charge in [0, 0.05) is 28.8 Å². The van der Waals surface area contributed by atoms with E-state index in [-0.39, 0.29) is 39.9 Å². The van der Waals surface area contributed by atoms with Crippen LogP contribution in [0.3, 0.4) is 0 Å². The molecule has 0 saturated heterocycles. The van der Waals surface area contributed by atoms with Crippen molar-refractivity contribution < 1.29 is 34.9 Å². The molecule has 0 saturated carbocycles. The molecule has 0 aromatic heterocycles. The highest BCUT2D eigenvalue weighted by molar-refractivity contribution is 6.09. The zero-order valence-corrected chi connectivity index (χ0v) is 16.0. The quantitative estimate of drug-likeness (QED) is 0.178. The predicted molar refractivity (Wildman–Crippen MR) is 107 cm³/mol. The zero-order valence-electron chi connectivity index (χ0n) is 16.0. The van der Waals surface area contributed by atoms with Crippen molar-refractivity contribution in [3.05, 3.63) is 55.6 Å². The molecule has 2 atom stereocenters. The third-order valence-corrected chi connectivity index (χ3v) is 5.95. The standard InChI is InChI=1S/C20H17N3O8/c1-5-12-8(18(27)15-13(5)9(21)4-10(19(15)28)23(30)31)2-6-7(16(12)25)3-11(24)14(17(6)26)20(22)29/h3-5,8,24-26,28H,2,21H2,1H3,(H2,22,29).